The highest BCUT2D eigenvalue weighted by Gasteiger charge is 2.10. The number of hydrogen-bond donors (Lipinski definition) is 2. The first-order chi connectivity index (χ1) is 9.16. The Bertz CT molecular complexity index is 806. The lowest BCUT2D eigenvalue weighted by molar-refractivity contribution is 1.38. The van der Waals surface area contributed by atoms with Gasteiger partial charge >= 0.3 is 0 Å². The van der Waals surface area contributed by atoms with E-state index in [-0.39, 0.29) is 11.1 Å². The van der Waals surface area contributed by atoms with Crippen LogP contribution in [0, 0.1) is 0 Å². The van der Waals surface area contributed by atoms with Crippen LogP contribution in [0.25, 0.3) is 22.2 Å². The number of halogens is 1. The maximum absolute atomic E-state index is 12.2. The van der Waals surface area contributed by atoms with Gasteiger partial charge in [0.05, 0.1) is 5.69 Å². The quantitative estimate of drug-likeness (QED) is 0.721. The molecule has 94 valence electrons. The van der Waals surface area contributed by atoms with Gasteiger partial charge in [-0.25, -0.2) is 0 Å². The number of nitrogens with one attached hydrogen (secondary N) is 1. The molecule has 0 saturated carbocycles. The zero-order chi connectivity index (χ0) is 13.4. The van der Waals surface area contributed by atoms with Crippen LogP contribution < -0.4 is 11.2 Å². The smallest absolute Gasteiger partial charge is 0.212 e. The second-order valence-electron chi connectivity index (χ2n) is 4.30. The van der Waals surface area contributed by atoms with Gasteiger partial charge in [0, 0.05) is 20.9 Å². The molecule has 0 bridgehead atoms. The predicted octanol–water partition coefficient (Wildman–Crippen LogP) is 3.54. The van der Waals surface area contributed by atoms with Crippen molar-refractivity contribution in [3.63, 3.8) is 0 Å². The van der Waals surface area contributed by atoms with Gasteiger partial charge in [0.2, 0.25) is 5.43 Å². The summed E-state index contributed by atoms with van der Waals surface area (Å²) in [5.74, 6) is 0. The molecule has 0 radical (unpaired) electrons. The van der Waals surface area contributed by atoms with Crippen LogP contribution in [0.15, 0.2) is 57.8 Å². The second-order valence-corrected chi connectivity index (χ2v) is 5.21. The molecule has 3 aromatic rings. The largest absolute Gasteiger partial charge is 0.394 e. The van der Waals surface area contributed by atoms with E-state index in [1.165, 1.54) is 0 Å². The van der Waals surface area contributed by atoms with Gasteiger partial charge in [0.15, 0.2) is 0 Å². The third-order valence-electron chi connectivity index (χ3n) is 3.08. The van der Waals surface area contributed by atoms with Crippen molar-refractivity contribution in [2.75, 3.05) is 5.73 Å². The van der Waals surface area contributed by atoms with Crippen molar-refractivity contribution in [2.45, 2.75) is 0 Å². The Balaban J connectivity index is 2.33. The van der Waals surface area contributed by atoms with Crippen LogP contribution in [-0.4, -0.2) is 4.98 Å². The SMILES string of the molecule is Nc1c(-c2ccc(Br)cc2)[nH]c2ccccc2c1=O. The highest BCUT2D eigenvalue weighted by Crippen LogP contribution is 2.25. The number of nitrogen functional groups attached to an aromatic ring is 1. The van der Waals surface area contributed by atoms with Gasteiger partial charge in [-0.3, -0.25) is 4.79 Å². The fourth-order valence-electron chi connectivity index (χ4n) is 2.09. The van der Waals surface area contributed by atoms with Gasteiger partial charge in [-0.15, -0.1) is 0 Å². The summed E-state index contributed by atoms with van der Waals surface area (Å²) in [6, 6.07) is 15.0. The Kier molecular flexibility index (Phi) is 2.87. The zero-order valence-corrected chi connectivity index (χ0v) is 11.6. The molecule has 3 nitrogen and oxygen atoms in total. The molecule has 0 amide bonds. The maximum Gasteiger partial charge on any atom is 0.212 e. The van der Waals surface area contributed by atoms with Crippen molar-refractivity contribution in [2.24, 2.45) is 0 Å². The van der Waals surface area contributed by atoms with Crippen molar-refractivity contribution in [3.05, 3.63) is 63.2 Å². The van der Waals surface area contributed by atoms with E-state index in [2.05, 4.69) is 20.9 Å². The van der Waals surface area contributed by atoms with Gasteiger partial charge in [-0.1, -0.05) is 40.2 Å². The van der Waals surface area contributed by atoms with E-state index in [0.29, 0.717) is 11.1 Å². The summed E-state index contributed by atoms with van der Waals surface area (Å²) >= 11 is 3.39. The average Bonchev–Trinajstić information content (AvgIpc) is 2.44. The molecular formula is C15H11BrN2O. The summed E-state index contributed by atoms with van der Waals surface area (Å²) in [6.07, 6.45) is 0. The lowest BCUT2D eigenvalue weighted by Gasteiger charge is -2.08. The minimum Gasteiger partial charge on any atom is -0.394 e. The molecule has 1 aromatic heterocycles. The third kappa shape index (κ3) is 2.04. The topological polar surface area (TPSA) is 58.9 Å². The summed E-state index contributed by atoms with van der Waals surface area (Å²) in [7, 11) is 0. The fraction of sp³-hybridized carbons (Fsp3) is 0. The van der Waals surface area contributed by atoms with Crippen LogP contribution in [0.1, 0.15) is 0 Å². The predicted molar refractivity (Wildman–Crippen MR) is 82.1 cm³/mol. The molecule has 0 fully saturated rings. The number of aromatic amines is 1. The standard InChI is InChI=1S/C15H11BrN2O/c16-10-7-5-9(6-8-10)14-13(17)15(19)11-3-1-2-4-12(11)18-14/h1-8H,17H2,(H,18,19). The zero-order valence-electron chi connectivity index (χ0n) is 9.98. The van der Waals surface area contributed by atoms with Gasteiger partial charge in [0.1, 0.15) is 5.69 Å². The molecule has 0 aliphatic rings. The Morgan fingerprint density at radius 2 is 1.68 bits per heavy atom. The third-order valence-corrected chi connectivity index (χ3v) is 3.61. The molecule has 3 N–H and O–H groups in total. The van der Waals surface area contributed by atoms with Crippen LogP contribution in [0.5, 0.6) is 0 Å². The van der Waals surface area contributed by atoms with E-state index in [1.54, 1.807) is 6.07 Å². The Labute approximate surface area is 118 Å². The van der Waals surface area contributed by atoms with E-state index in [0.717, 1.165) is 15.6 Å². The molecule has 2 aromatic carbocycles. The Morgan fingerprint density at radius 3 is 2.42 bits per heavy atom. The number of pyridine rings is 1. The molecule has 0 aliphatic heterocycles. The molecule has 0 unspecified atom stereocenters. The van der Waals surface area contributed by atoms with Crippen LogP contribution in [0.3, 0.4) is 0 Å². The number of anilines is 1. The van der Waals surface area contributed by atoms with Crippen molar-refractivity contribution in [3.8, 4) is 11.3 Å². The van der Waals surface area contributed by atoms with Crippen LogP contribution >= 0.6 is 15.9 Å². The van der Waals surface area contributed by atoms with E-state index < -0.39 is 0 Å². The normalized spacial score (nSPS) is 10.8. The summed E-state index contributed by atoms with van der Waals surface area (Å²) in [4.78, 5) is 15.5. The average molecular weight is 315 g/mol. The summed E-state index contributed by atoms with van der Waals surface area (Å²) in [5.41, 5.74) is 8.43. The van der Waals surface area contributed by atoms with Gasteiger partial charge in [0.25, 0.3) is 0 Å². The number of benzene rings is 2. The number of aromatic nitrogens is 1. The van der Waals surface area contributed by atoms with Gasteiger partial charge < -0.3 is 10.7 Å². The molecule has 0 saturated heterocycles. The summed E-state index contributed by atoms with van der Waals surface area (Å²) < 4.78 is 0.984. The number of hydrogen-bond acceptors (Lipinski definition) is 2. The molecule has 3 rings (SSSR count). The first kappa shape index (κ1) is 12.0. The van der Waals surface area contributed by atoms with E-state index in [1.807, 2.05) is 42.5 Å². The molecule has 4 heteroatoms. The van der Waals surface area contributed by atoms with E-state index >= 15 is 0 Å². The monoisotopic (exact) mass is 314 g/mol. The first-order valence-corrected chi connectivity index (χ1v) is 6.62. The number of H-pyrrole nitrogens is 1. The number of fused-ring (bicyclic) bond motifs is 1. The first-order valence-electron chi connectivity index (χ1n) is 5.83. The maximum atomic E-state index is 12.2. The van der Waals surface area contributed by atoms with Crippen molar-refractivity contribution < 1.29 is 0 Å². The Hall–Kier alpha value is -2.07. The van der Waals surface area contributed by atoms with E-state index in [4.69, 9.17) is 5.73 Å². The highest BCUT2D eigenvalue weighted by atomic mass is 79.9. The number of nitrogens with two attached hydrogens (primary N) is 1. The minimum absolute atomic E-state index is 0.132. The minimum atomic E-state index is -0.132. The van der Waals surface area contributed by atoms with Crippen molar-refractivity contribution in [1.82, 2.24) is 4.98 Å². The highest BCUT2D eigenvalue weighted by molar-refractivity contribution is 9.10. The molecule has 1 heterocycles. The van der Waals surface area contributed by atoms with Crippen LogP contribution in [0.2, 0.25) is 0 Å². The lowest BCUT2D eigenvalue weighted by atomic mass is 10.1. The number of para-hydroxylation sites is 1. The van der Waals surface area contributed by atoms with Crippen molar-refractivity contribution >= 4 is 32.5 Å². The van der Waals surface area contributed by atoms with Crippen molar-refractivity contribution in [1.29, 1.82) is 0 Å². The van der Waals surface area contributed by atoms with Crippen LogP contribution in [0.4, 0.5) is 5.69 Å². The molecule has 0 aliphatic carbocycles. The number of rotatable bonds is 1. The summed E-state index contributed by atoms with van der Waals surface area (Å²) in [5, 5.41) is 0.612. The molecule has 0 atom stereocenters. The molecule has 0 spiro atoms. The molecule has 19 heavy (non-hydrogen) atoms. The Morgan fingerprint density at radius 1 is 1.00 bits per heavy atom. The lowest BCUT2D eigenvalue weighted by Crippen LogP contribution is -2.11. The van der Waals surface area contributed by atoms with E-state index in [9.17, 15) is 4.79 Å². The summed E-state index contributed by atoms with van der Waals surface area (Å²) in [6.45, 7) is 0. The second kappa shape index (κ2) is 4.55. The van der Waals surface area contributed by atoms with Gasteiger partial charge in [-0.2, -0.15) is 0 Å². The fourth-order valence-corrected chi connectivity index (χ4v) is 2.36. The molecular weight excluding hydrogens is 304 g/mol. The van der Waals surface area contributed by atoms with Gasteiger partial charge in [-0.05, 0) is 24.3 Å². The van der Waals surface area contributed by atoms with Crippen LogP contribution in [-0.2, 0) is 0 Å².